The average molecular weight is 528 g/mol. The summed E-state index contributed by atoms with van der Waals surface area (Å²) in [5.74, 6) is 1.13. The van der Waals surface area contributed by atoms with Gasteiger partial charge in [-0.05, 0) is 77.7 Å². The SMILES string of the molecule is CC(=Nc1ccc(-c2cnc([C@@H]3CCc4cc(-c5cc(Cl)ccc5-n5cnnn5)cc(=O)n43)[nH]2)cc1)NO. The highest BCUT2D eigenvalue weighted by atomic mass is 35.5. The summed E-state index contributed by atoms with van der Waals surface area (Å²) in [6.07, 6.45) is 4.76. The summed E-state index contributed by atoms with van der Waals surface area (Å²) < 4.78 is 3.35. The van der Waals surface area contributed by atoms with E-state index in [-0.39, 0.29) is 11.6 Å². The number of halogens is 1. The third kappa shape index (κ3) is 4.38. The van der Waals surface area contributed by atoms with Gasteiger partial charge in [0.25, 0.3) is 5.56 Å². The van der Waals surface area contributed by atoms with Crippen LogP contribution in [0.5, 0.6) is 0 Å². The highest BCUT2D eigenvalue weighted by Gasteiger charge is 2.28. The molecule has 1 aliphatic rings. The van der Waals surface area contributed by atoms with Crippen LogP contribution in [0.1, 0.15) is 30.9 Å². The van der Waals surface area contributed by atoms with Crippen LogP contribution in [0.2, 0.25) is 5.02 Å². The van der Waals surface area contributed by atoms with Crippen LogP contribution in [0, 0.1) is 0 Å². The predicted molar refractivity (Wildman–Crippen MR) is 142 cm³/mol. The minimum atomic E-state index is -0.194. The third-order valence-corrected chi connectivity index (χ3v) is 6.78. The number of hydrogen-bond acceptors (Lipinski definition) is 7. The molecule has 0 spiro atoms. The third-order valence-electron chi connectivity index (χ3n) is 6.55. The van der Waals surface area contributed by atoms with Gasteiger partial charge in [-0.3, -0.25) is 15.5 Å². The zero-order valence-electron chi connectivity index (χ0n) is 20.2. The van der Waals surface area contributed by atoms with Crippen LogP contribution in [0.15, 0.2) is 76.9 Å². The van der Waals surface area contributed by atoms with Crippen LogP contribution in [-0.2, 0) is 6.42 Å². The van der Waals surface area contributed by atoms with Crippen LogP contribution in [0.3, 0.4) is 0 Å². The first-order valence-corrected chi connectivity index (χ1v) is 12.3. The fourth-order valence-corrected chi connectivity index (χ4v) is 4.98. The number of aryl methyl sites for hydroxylation is 1. The molecule has 0 saturated heterocycles. The molecular formula is C26H22ClN9O2. The average Bonchev–Trinajstić information content (AvgIpc) is 3.70. The normalized spacial score (nSPS) is 15.0. The number of pyridine rings is 1. The molecule has 0 radical (unpaired) electrons. The lowest BCUT2D eigenvalue weighted by atomic mass is 10.0. The van der Waals surface area contributed by atoms with E-state index in [9.17, 15) is 4.79 Å². The maximum absolute atomic E-state index is 13.4. The zero-order valence-corrected chi connectivity index (χ0v) is 21.0. The standard InChI is InChI=1S/C26H22ClN9O2/c1-15(32-38)30-19-5-2-16(3-6-19)22-13-28-26(31-22)24-9-7-20-10-17(11-25(37)36(20)24)21-12-18(27)4-8-23(21)35-14-29-33-34-35/h2-6,8,10-14,24,38H,7,9H2,1H3,(H,28,31)(H,30,32)/t24-/m0/s1. The van der Waals surface area contributed by atoms with Gasteiger partial charge in [0.05, 0.1) is 29.3 Å². The first kappa shape index (κ1) is 23.8. The summed E-state index contributed by atoms with van der Waals surface area (Å²) in [6, 6.07) is 16.4. The highest BCUT2D eigenvalue weighted by Crippen LogP contribution is 2.34. The molecule has 1 atom stereocenters. The van der Waals surface area contributed by atoms with Gasteiger partial charge in [0.1, 0.15) is 18.0 Å². The molecule has 0 aliphatic carbocycles. The van der Waals surface area contributed by atoms with Gasteiger partial charge in [0.15, 0.2) is 0 Å². The summed E-state index contributed by atoms with van der Waals surface area (Å²) >= 11 is 6.30. The number of tetrazole rings is 1. The maximum Gasteiger partial charge on any atom is 0.252 e. The van der Waals surface area contributed by atoms with Crippen LogP contribution < -0.4 is 11.0 Å². The van der Waals surface area contributed by atoms with Crippen LogP contribution in [0.25, 0.3) is 28.1 Å². The van der Waals surface area contributed by atoms with Crippen molar-refractivity contribution in [2.45, 2.75) is 25.8 Å². The van der Waals surface area contributed by atoms with Crippen LogP contribution in [-0.4, -0.2) is 45.8 Å². The lowest BCUT2D eigenvalue weighted by molar-refractivity contribution is 0.234. The second kappa shape index (κ2) is 9.69. The quantitative estimate of drug-likeness (QED) is 0.178. The van der Waals surface area contributed by atoms with Crippen molar-refractivity contribution in [1.29, 1.82) is 0 Å². The van der Waals surface area contributed by atoms with Crippen molar-refractivity contribution >= 4 is 23.1 Å². The largest absolute Gasteiger partial charge is 0.340 e. The number of nitrogens with zero attached hydrogens (tertiary/aromatic N) is 7. The lowest BCUT2D eigenvalue weighted by Gasteiger charge is -2.15. The Hall–Kier alpha value is -4.61. The summed E-state index contributed by atoms with van der Waals surface area (Å²) in [5.41, 5.74) is 7.58. The number of aromatic amines is 1. The molecule has 0 saturated carbocycles. The highest BCUT2D eigenvalue weighted by molar-refractivity contribution is 6.31. The number of hydroxylamine groups is 1. The fourth-order valence-electron chi connectivity index (χ4n) is 4.81. The number of aromatic nitrogens is 7. The van der Waals surface area contributed by atoms with Gasteiger partial charge in [-0.2, -0.15) is 4.68 Å². The van der Waals surface area contributed by atoms with Gasteiger partial charge >= 0.3 is 0 Å². The minimum Gasteiger partial charge on any atom is -0.340 e. The summed E-state index contributed by atoms with van der Waals surface area (Å²) in [5, 5.41) is 20.9. The van der Waals surface area contributed by atoms with Gasteiger partial charge in [0, 0.05) is 22.3 Å². The fraction of sp³-hybridized carbons (Fsp3) is 0.154. The number of hydrogen-bond donors (Lipinski definition) is 3. The molecule has 0 bridgehead atoms. The molecule has 3 aromatic heterocycles. The maximum atomic E-state index is 13.4. The zero-order chi connectivity index (χ0) is 26.2. The second-order valence-corrected chi connectivity index (χ2v) is 9.39. The molecule has 0 unspecified atom stereocenters. The Bertz CT molecular complexity index is 1710. The Morgan fingerprint density at radius 3 is 2.76 bits per heavy atom. The first-order chi connectivity index (χ1) is 18.5. The molecule has 2 aromatic carbocycles. The molecule has 38 heavy (non-hydrogen) atoms. The van der Waals surface area contributed by atoms with Gasteiger partial charge in [0.2, 0.25) is 0 Å². The Morgan fingerprint density at radius 1 is 1.16 bits per heavy atom. The van der Waals surface area contributed by atoms with E-state index in [2.05, 4.69) is 30.5 Å². The second-order valence-electron chi connectivity index (χ2n) is 8.95. The number of nitrogens with one attached hydrogen (secondary N) is 2. The van der Waals surface area contributed by atoms with E-state index in [0.717, 1.165) is 52.4 Å². The molecule has 0 fully saturated rings. The van der Waals surface area contributed by atoms with Crippen molar-refractivity contribution in [2.75, 3.05) is 0 Å². The van der Waals surface area contributed by atoms with Crippen molar-refractivity contribution in [3.05, 3.63) is 94.0 Å². The van der Waals surface area contributed by atoms with E-state index in [1.165, 1.54) is 6.33 Å². The summed E-state index contributed by atoms with van der Waals surface area (Å²) in [6.45, 7) is 1.67. The van der Waals surface area contributed by atoms with Gasteiger partial charge < -0.3 is 9.55 Å². The monoisotopic (exact) mass is 527 g/mol. The van der Waals surface area contributed by atoms with Crippen molar-refractivity contribution in [1.82, 2.24) is 40.2 Å². The Labute approximate surface area is 221 Å². The molecule has 3 N–H and O–H groups in total. The molecule has 5 aromatic rings. The number of fused-ring (bicyclic) bond motifs is 1. The Kier molecular flexibility index (Phi) is 6.06. The van der Waals surface area contributed by atoms with Crippen LogP contribution >= 0.6 is 11.6 Å². The van der Waals surface area contributed by atoms with E-state index >= 15 is 0 Å². The van der Waals surface area contributed by atoms with E-state index < -0.39 is 0 Å². The molecule has 12 heteroatoms. The number of aliphatic imine (C=N–C) groups is 1. The Balaban J connectivity index is 1.31. The summed E-state index contributed by atoms with van der Waals surface area (Å²) in [7, 11) is 0. The number of rotatable bonds is 5. The molecular weight excluding hydrogens is 506 g/mol. The smallest absolute Gasteiger partial charge is 0.252 e. The summed E-state index contributed by atoms with van der Waals surface area (Å²) in [4.78, 5) is 25.6. The topological polar surface area (TPSA) is 139 Å². The predicted octanol–water partition coefficient (Wildman–Crippen LogP) is 4.10. The van der Waals surface area contributed by atoms with Crippen molar-refractivity contribution in [3.8, 4) is 28.1 Å². The van der Waals surface area contributed by atoms with Crippen LogP contribution in [0.4, 0.5) is 5.69 Å². The molecule has 1 aliphatic heterocycles. The van der Waals surface area contributed by atoms with E-state index in [4.69, 9.17) is 16.8 Å². The molecule has 6 rings (SSSR count). The number of H-pyrrole nitrogens is 1. The van der Waals surface area contributed by atoms with Crippen molar-refractivity contribution in [2.24, 2.45) is 4.99 Å². The van der Waals surface area contributed by atoms with Crippen molar-refractivity contribution in [3.63, 3.8) is 0 Å². The molecule has 4 heterocycles. The van der Waals surface area contributed by atoms with Crippen molar-refractivity contribution < 1.29 is 5.21 Å². The molecule has 11 nitrogen and oxygen atoms in total. The van der Waals surface area contributed by atoms with E-state index in [1.807, 2.05) is 47.9 Å². The minimum absolute atomic E-state index is 0.115. The first-order valence-electron chi connectivity index (χ1n) is 11.9. The molecule has 0 amide bonds. The Morgan fingerprint density at radius 2 is 2.00 bits per heavy atom. The van der Waals surface area contributed by atoms with Gasteiger partial charge in [-0.25, -0.2) is 9.98 Å². The van der Waals surface area contributed by atoms with E-state index in [0.29, 0.717) is 16.5 Å². The number of amidine groups is 1. The van der Waals surface area contributed by atoms with Gasteiger partial charge in [-0.15, -0.1) is 5.10 Å². The van der Waals surface area contributed by atoms with E-state index in [1.54, 1.807) is 34.5 Å². The number of imidazole rings is 1. The molecule has 190 valence electrons. The lowest BCUT2D eigenvalue weighted by Crippen LogP contribution is -2.23. The number of benzene rings is 2. The van der Waals surface area contributed by atoms with Gasteiger partial charge in [-0.1, -0.05) is 23.7 Å².